The molecular formula is C18H20N2O3. The number of carbonyl (C=O) groups excluding carboxylic acids is 1. The van der Waals surface area contributed by atoms with E-state index >= 15 is 0 Å². The van der Waals surface area contributed by atoms with Gasteiger partial charge in [0, 0.05) is 19.3 Å². The molecule has 0 fully saturated rings. The summed E-state index contributed by atoms with van der Waals surface area (Å²) in [6.07, 6.45) is 7.03. The highest BCUT2D eigenvalue weighted by molar-refractivity contribution is 5.78. The number of pyridine rings is 1. The highest BCUT2D eigenvalue weighted by Crippen LogP contribution is 2.06. The number of hydrogen-bond donors (Lipinski definition) is 1. The quantitative estimate of drug-likeness (QED) is 0.810. The second kappa shape index (κ2) is 9.38. The molecule has 0 bridgehead atoms. The van der Waals surface area contributed by atoms with Gasteiger partial charge in [-0.25, -0.2) is 0 Å². The number of nitrogens with zero attached hydrogens (tertiary/aromatic N) is 2. The Kier molecular flexibility index (Phi) is 6.81. The second-order valence-corrected chi connectivity index (χ2v) is 4.85. The third kappa shape index (κ3) is 5.92. The van der Waals surface area contributed by atoms with Crippen molar-refractivity contribution >= 4 is 12.0 Å². The molecule has 0 aliphatic heterocycles. The predicted octanol–water partition coefficient (Wildman–Crippen LogP) is 1.99. The normalized spacial score (nSPS) is 10.7. The Morgan fingerprint density at radius 1 is 1.22 bits per heavy atom. The van der Waals surface area contributed by atoms with Gasteiger partial charge < -0.3 is 14.7 Å². The van der Waals surface area contributed by atoms with Gasteiger partial charge >= 0.3 is 0 Å². The summed E-state index contributed by atoms with van der Waals surface area (Å²) in [4.78, 5) is 17.7. The van der Waals surface area contributed by atoms with E-state index in [4.69, 9.17) is 9.84 Å². The fraction of sp³-hybridized carbons (Fsp3) is 0.222. The van der Waals surface area contributed by atoms with Crippen LogP contribution in [0.5, 0.6) is 5.75 Å². The number of aliphatic hydroxyl groups excluding tert-OH is 1. The molecule has 0 spiro atoms. The molecule has 0 radical (unpaired) electrons. The number of aliphatic hydroxyl groups is 1. The SMILES string of the molecule is O=C(COc1cccnc1)N(CC=Cc1ccccc1)CCO. The number of aromatic nitrogens is 1. The molecule has 0 aliphatic carbocycles. The number of amides is 1. The van der Waals surface area contributed by atoms with E-state index in [2.05, 4.69) is 4.98 Å². The standard InChI is InChI=1S/C18H20N2O3/c21-13-12-20(11-5-8-16-6-2-1-3-7-16)18(22)15-23-17-9-4-10-19-14-17/h1-10,14,21H,11-13,15H2. The maximum absolute atomic E-state index is 12.2. The highest BCUT2D eigenvalue weighted by atomic mass is 16.5. The molecule has 5 nitrogen and oxygen atoms in total. The van der Waals surface area contributed by atoms with Crippen molar-refractivity contribution in [3.63, 3.8) is 0 Å². The molecule has 0 unspecified atom stereocenters. The van der Waals surface area contributed by atoms with E-state index in [-0.39, 0.29) is 25.7 Å². The summed E-state index contributed by atoms with van der Waals surface area (Å²) in [7, 11) is 0. The zero-order valence-corrected chi connectivity index (χ0v) is 12.8. The molecule has 5 heteroatoms. The van der Waals surface area contributed by atoms with Crippen molar-refractivity contribution in [2.45, 2.75) is 0 Å². The molecule has 23 heavy (non-hydrogen) atoms. The summed E-state index contributed by atoms with van der Waals surface area (Å²) in [6, 6.07) is 13.3. The average Bonchev–Trinajstić information content (AvgIpc) is 2.61. The van der Waals surface area contributed by atoms with Gasteiger partial charge in [0.15, 0.2) is 6.61 Å². The first-order valence-electron chi connectivity index (χ1n) is 7.42. The monoisotopic (exact) mass is 312 g/mol. The van der Waals surface area contributed by atoms with Crippen LogP contribution in [0.2, 0.25) is 0 Å². The number of rotatable bonds is 8. The Bertz CT molecular complexity index is 615. The van der Waals surface area contributed by atoms with Gasteiger partial charge in [0.25, 0.3) is 5.91 Å². The molecule has 0 saturated carbocycles. The summed E-state index contributed by atoms with van der Waals surface area (Å²) in [5, 5.41) is 9.12. The van der Waals surface area contributed by atoms with Crippen LogP contribution in [-0.2, 0) is 4.79 Å². The van der Waals surface area contributed by atoms with E-state index in [0.29, 0.717) is 12.3 Å². The van der Waals surface area contributed by atoms with Gasteiger partial charge in [-0.2, -0.15) is 0 Å². The zero-order chi connectivity index (χ0) is 16.3. The average molecular weight is 312 g/mol. The number of ether oxygens (including phenoxy) is 1. The molecule has 1 amide bonds. The molecule has 1 N–H and O–H groups in total. The van der Waals surface area contributed by atoms with Crippen LogP contribution >= 0.6 is 0 Å². The largest absolute Gasteiger partial charge is 0.482 e. The molecule has 1 aromatic carbocycles. The van der Waals surface area contributed by atoms with Crippen LogP contribution < -0.4 is 4.74 Å². The first-order chi connectivity index (χ1) is 11.3. The van der Waals surface area contributed by atoms with Gasteiger partial charge in [0.05, 0.1) is 12.8 Å². The van der Waals surface area contributed by atoms with Crippen LogP contribution in [0.3, 0.4) is 0 Å². The van der Waals surface area contributed by atoms with Crippen LogP contribution in [0.4, 0.5) is 0 Å². The molecule has 120 valence electrons. The van der Waals surface area contributed by atoms with Crippen molar-refractivity contribution in [3.05, 3.63) is 66.5 Å². The minimum absolute atomic E-state index is 0.0785. The van der Waals surface area contributed by atoms with Crippen molar-refractivity contribution in [2.75, 3.05) is 26.3 Å². The maximum Gasteiger partial charge on any atom is 0.260 e. The van der Waals surface area contributed by atoms with Gasteiger partial charge in [-0.1, -0.05) is 42.5 Å². The van der Waals surface area contributed by atoms with Crippen LogP contribution in [0.25, 0.3) is 6.08 Å². The minimum Gasteiger partial charge on any atom is -0.482 e. The van der Waals surface area contributed by atoms with Gasteiger partial charge in [-0.15, -0.1) is 0 Å². The topological polar surface area (TPSA) is 62.7 Å². The van der Waals surface area contributed by atoms with Crippen LogP contribution in [-0.4, -0.2) is 47.2 Å². The lowest BCUT2D eigenvalue weighted by molar-refractivity contribution is -0.133. The molecule has 2 rings (SSSR count). The molecule has 2 aromatic rings. The first kappa shape index (κ1) is 16.7. The third-order valence-electron chi connectivity index (χ3n) is 3.16. The fourth-order valence-electron chi connectivity index (χ4n) is 1.99. The Balaban J connectivity index is 1.86. The zero-order valence-electron chi connectivity index (χ0n) is 12.8. The van der Waals surface area contributed by atoms with E-state index in [1.807, 2.05) is 42.5 Å². The van der Waals surface area contributed by atoms with Crippen molar-refractivity contribution < 1.29 is 14.6 Å². The Morgan fingerprint density at radius 2 is 2.04 bits per heavy atom. The van der Waals surface area contributed by atoms with Crippen molar-refractivity contribution in [1.82, 2.24) is 9.88 Å². The van der Waals surface area contributed by atoms with E-state index in [9.17, 15) is 4.79 Å². The summed E-state index contributed by atoms with van der Waals surface area (Å²) >= 11 is 0. The van der Waals surface area contributed by atoms with Crippen molar-refractivity contribution in [2.24, 2.45) is 0 Å². The van der Waals surface area contributed by atoms with Gasteiger partial charge in [-0.3, -0.25) is 9.78 Å². The van der Waals surface area contributed by atoms with E-state index in [1.54, 1.807) is 29.4 Å². The fourth-order valence-corrected chi connectivity index (χ4v) is 1.99. The van der Waals surface area contributed by atoms with E-state index in [1.165, 1.54) is 0 Å². The van der Waals surface area contributed by atoms with Gasteiger partial charge in [0.1, 0.15) is 5.75 Å². The maximum atomic E-state index is 12.2. The Labute approximate surface area is 135 Å². The number of benzene rings is 1. The smallest absolute Gasteiger partial charge is 0.260 e. The van der Waals surface area contributed by atoms with E-state index < -0.39 is 0 Å². The molecular weight excluding hydrogens is 292 g/mol. The lowest BCUT2D eigenvalue weighted by Gasteiger charge is -2.20. The number of carbonyl (C=O) groups is 1. The lowest BCUT2D eigenvalue weighted by atomic mass is 10.2. The highest BCUT2D eigenvalue weighted by Gasteiger charge is 2.12. The molecule has 0 aliphatic rings. The van der Waals surface area contributed by atoms with Crippen LogP contribution in [0, 0.1) is 0 Å². The minimum atomic E-state index is -0.180. The Morgan fingerprint density at radius 3 is 2.74 bits per heavy atom. The molecule has 0 atom stereocenters. The number of hydrogen-bond acceptors (Lipinski definition) is 4. The summed E-state index contributed by atoms with van der Waals surface area (Å²) in [5.74, 6) is 0.366. The third-order valence-corrected chi connectivity index (χ3v) is 3.16. The van der Waals surface area contributed by atoms with Crippen LogP contribution in [0.15, 0.2) is 60.9 Å². The van der Waals surface area contributed by atoms with E-state index in [0.717, 1.165) is 5.56 Å². The summed E-state index contributed by atoms with van der Waals surface area (Å²) in [5.41, 5.74) is 1.07. The van der Waals surface area contributed by atoms with Gasteiger partial charge in [-0.05, 0) is 17.7 Å². The van der Waals surface area contributed by atoms with Crippen molar-refractivity contribution in [1.29, 1.82) is 0 Å². The lowest BCUT2D eigenvalue weighted by Crippen LogP contribution is -2.37. The first-order valence-corrected chi connectivity index (χ1v) is 7.42. The van der Waals surface area contributed by atoms with Gasteiger partial charge in [0.2, 0.25) is 0 Å². The summed E-state index contributed by atoms with van der Waals surface area (Å²) in [6.45, 7) is 0.529. The Hall–Kier alpha value is -2.66. The predicted molar refractivity (Wildman–Crippen MR) is 88.9 cm³/mol. The molecule has 1 heterocycles. The summed E-state index contributed by atoms with van der Waals surface area (Å²) < 4.78 is 5.40. The molecule has 0 saturated heterocycles. The van der Waals surface area contributed by atoms with Crippen molar-refractivity contribution in [3.8, 4) is 5.75 Å². The van der Waals surface area contributed by atoms with Crippen LogP contribution in [0.1, 0.15) is 5.56 Å². The second-order valence-electron chi connectivity index (χ2n) is 4.85. The molecule has 1 aromatic heterocycles.